The summed E-state index contributed by atoms with van der Waals surface area (Å²) in [7, 11) is 0. The SMILES string of the molecule is C=C(C)C(=O)O.CCC(C)C#N. The maximum atomic E-state index is 9.60. The number of rotatable bonds is 2. The van der Waals surface area contributed by atoms with E-state index in [9.17, 15) is 4.79 Å². The normalized spacial score (nSPS) is 10.2. The lowest BCUT2D eigenvalue weighted by atomic mass is 10.2. The van der Waals surface area contributed by atoms with Gasteiger partial charge in [-0.25, -0.2) is 4.79 Å². The molecular formula is C9H15NO2. The van der Waals surface area contributed by atoms with Crippen LogP contribution in [0, 0.1) is 17.2 Å². The van der Waals surface area contributed by atoms with Gasteiger partial charge in [0.2, 0.25) is 0 Å². The van der Waals surface area contributed by atoms with Crippen molar-refractivity contribution in [3.63, 3.8) is 0 Å². The maximum Gasteiger partial charge on any atom is 0.330 e. The molecule has 0 radical (unpaired) electrons. The summed E-state index contributed by atoms with van der Waals surface area (Å²) >= 11 is 0. The monoisotopic (exact) mass is 169 g/mol. The molecule has 0 aromatic carbocycles. The van der Waals surface area contributed by atoms with Gasteiger partial charge < -0.3 is 5.11 Å². The average molecular weight is 169 g/mol. The van der Waals surface area contributed by atoms with E-state index in [1.54, 1.807) is 0 Å². The number of carbonyl (C=O) groups is 1. The van der Waals surface area contributed by atoms with E-state index in [-0.39, 0.29) is 11.5 Å². The Hall–Kier alpha value is -1.30. The zero-order chi connectivity index (χ0) is 10.1. The highest BCUT2D eigenvalue weighted by Crippen LogP contribution is 1.94. The fourth-order valence-corrected chi connectivity index (χ4v) is 0.0913. The summed E-state index contributed by atoms with van der Waals surface area (Å²) < 4.78 is 0. The molecule has 1 N–H and O–H groups in total. The molecule has 0 saturated heterocycles. The van der Waals surface area contributed by atoms with Gasteiger partial charge in [-0.1, -0.05) is 13.5 Å². The van der Waals surface area contributed by atoms with E-state index in [0.717, 1.165) is 6.42 Å². The van der Waals surface area contributed by atoms with Crippen LogP contribution in [-0.2, 0) is 4.79 Å². The number of hydrogen-bond acceptors (Lipinski definition) is 2. The van der Waals surface area contributed by atoms with Crippen LogP contribution < -0.4 is 0 Å². The third-order valence-corrected chi connectivity index (χ3v) is 1.20. The minimum Gasteiger partial charge on any atom is -0.478 e. The first-order valence-corrected chi connectivity index (χ1v) is 3.74. The standard InChI is InChI=1S/C5H9N.C4H6O2/c1-3-5(2)4-6;1-3(2)4(5)6/h5H,3H2,1-2H3;1H2,2H3,(H,5,6). The van der Waals surface area contributed by atoms with Crippen LogP contribution in [0.4, 0.5) is 0 Å². The highest BCUT2D eigenvalue weighted by atomic mass is 16.4. The summed E-state index contributed by atoms with van der Waals surface area (Å²) in [5.74, 6) is -0.694. The van der Waals surface area contributed by atoms with Gasteiger partial charge in [0.15, 0.2) is 0 Å². The molecule has 1 atom stereocenters. The number of nitrogens with zero attached hydrogens (tertiary/aromatic N) is 1. The van der Waals surface area contributed by atoms with Gasteiger partial charge in [-0.3, -0.25) is 0 Å². The fraction of sp³-hybridized carbons (Fsp3) is 0.556. The van der Waals surface area contributed by atoms with Gasteiger partial charge in [-0.05, 0) is 20.3 Å². The summed E-state index contributed by atoms with van der Waals surface area (Å²) in [6, 6.07) is 2.11. The Morgan fingerprint density at radius 3 is 2.08 bits per heavy atom. The van der Waals surface area contributed by atoms with Gasteiger partial charge in [0.05, 0.1) is 6.07 Å². The molecule has 0 aliphatic rings. The zero-order valence-electron chi connectivity index (χ0n) is 7.79. The molecule has 0 rings (SSSR count). The van der Waals surface area contributed by atoms with Crippen LogP contribution in [0.25, 0.3) is 0 Å². The molecule has 0 amide bonds. The first-order valence-electron chi connectivity index (χ1n) is 3.74. The number of nitriles is 1. The summed E-state index contributed by atoms with van der Waals surface area (Å²) in [4.78, 5) is 9.60. The van der Waals surface area contributed by atoms with Crippen LogP contribution >= 0.6 is 0 Å². The Balaban J connectivity index is 0. The third kappa shape index (κ3) is 11.5. The first-order chi connectivity index (χ1) is 5.45. The van der Waals surface area contributed by atoms with E-state index in [1.165, 1.54) is 6.92 Å². The highest BCUT2D eigenvalue weighted by molar-refractivity contribution is 5.84. The van der Waals surface area contributed by atoms with Gasteiger partial charge >= 0.3 is 5.97 Å². The number of hydrogen-bond donors (Lipinski definition) is 1. The lowest BCUT2D eigenvalue weighted by Gasteiger charge is -1.87. The van der Waals surface area contributed by atoms with Gasteiger partial charge in [-0.15, -0.1) is 0 Å². The molecule has 1 unspecified atom stereocenters. The largest absolute Gasteiger partial charge is 0.478 e. The van der Waals surface area contributed by atoms with Crippen LogP contribution in [0.15, 0.2) is 12.2 Å². The Bertz CT molecular complexity index is 179. The molecule has 0 aromatic heterocycles. The van der Waals surface area contributed by atoms with Crippen molar-refractivity contribution in [3.05, 3.63) is 12.2 Å². The van der Waals surface area contributed by atoms with E-state index in [4.69, 9.17) is 10.4 Å². The second-order valence-corrected chi connectivity index (χ2v) is 2.52. The number of carboxylic acid groups (broad SMARTS) is 1. The number of carboxylic acids is 1. The van der Waals surface area contributed by atoms with E-state index < -0.39 is 5.97 Å². The topological polar surface area (TPSA) is 61.1 Å². The Kier molecular flexibility index (Phi) is 8.65. The molecule has 0 heterocycles. The molecule has 0 bridgehead atoms. The van der Waals surface area contributed by atoms with E-state index in [1.807, 2.05) is 13.8 Å². The number of aliphatic carboxylic acids is 1. The summed E-state index contributed by atoms with van der Waals surface area (Å²) in [6.45, 7) is 8.53. The van der Waals surface area contributed by atoms with Crippen LogP contribution in [0.2, 0.25) is 0 Å². The summed E-state index contributed by atoms with van der Waals surface area (Å²) in [5, 5.41) is 16.0. The quantitative estimate of drug-likeness (QED) is 0.644. The average Bonchev–Trinajstić information content (AvgIpc) is 2.04. The molecule has 0 spiro atoms. The van der Waals surface area contributed by atoms with E-state index in [0.29, 0.717) is 0 Å². The molecule has 0 saturated carbocycles. The van der Waals surface area contributed by atoms with Gasteiger partial charge in [-0.2, -0.15) is 5.26 Å². The second kappa shape index (κ2) is 7.80. The molecule has 3 nitrogen and oxygen atoms in total. The molecule has 3 heteroatoms. The predicted octanol–water partition coefficient (Wildman–Crippen LogP) is 2.20. The lowest BCUT2D eigenvalue weighted by Crippen LogP contribution is -1.92. The molecule has 0 aliphatic heterocycles. The Labute approximate surface area is 73.3 Å². The van der Waals surface area contributed by atoms with Crippen LogP contribution in [0.1, 0.15) is 27.2 Å². The van der Waals surface area contributed by atoms with Gasteiger partial charge in [0.25, 0.3) is 0 Å². The predicted molar refractivity (Wildman–Crippen MR) is 47.5 cm³/mol. The van der Waals surface area contributed by atoms with Crippen molar-refractivity contribution in [2.24, 2.45) is 5.92 Å². The fourth-order valence-electron chi connectivity index (χ4n) is 0.0913. The van der Waals surface area contributed by atoms with Crippen molar-refractivity contribution in [2.45, 2.75) is 27.2 Å². The molecule has 12 heavy (non-hydrogen) atoms. The highest BCUT2D eigenvalue weighted by Gasteiger charge is 1.90. The summed E-state index contributed by atoms with van der Waals surface area (Å²) in [5.41, 5.74) is 0.176. The van der Waals surface area contributed by atoms with Crippen LogP contribution in [-0.4, -0.2) is 11.1 Å². The second-order valence-electron chi connectivity index (χ2n) is 2.52. The summed E-state index contributed by atoms with van der Waals surface area (Å²) in [6.07, 6.45) is 0.969. The van der Waals surface area contributed by atoms with Gasteiger partial charge in [0, 0.05) is 11.5 Å². The lowest BCUT2D eigenvalue weighted by molar-refractivity contribution is -0.132. The first kappa shape index (κ1) is 13.3. The van der Waals surface area contributed by atoms with Crippen LogP contribution in [0.5, 0.6) is 0 Å². The minimum atomic E-state index is -0.935. The van der Waals surface area contributed by atoms with Crippen LogP contribution in [0.3, 0.4) is 0 Å². The van der Waals surface area contributed by atoms with Crippen molar-refractivity contribution >= 4 is 5.97 Å². The zero-order valence-corrected chi connectivity index (χ0v) is 7.79. The third-order valence-electron chi connectivity index (χ3n) is 1.20. The Morgan fingerprint density at radius 1 is 1.75 bits per heavy atom. The van der Waals surface area contributed by atoms with Crippen molar-refractivity contribution in [1.29, 1.82) is 5.26 Å². The van der Waals surface area contributed by atoms with Crippen molar-refractivity contribution in [1.82, 2.24) is 0 Å². The molecule has 0 fully saturated rings. The Morgan fingerprint density at radius 2 is 2.08 bits per heavy atom. The maximum absolute atomic E-state index is 9.60. The van der Waals surface area contributed by atoms with E-state index >= 15 is 0 Å². The van der Waals surface area contributed by atoms with E-state index in [2.05, 4.69) is 12.6 Å². The molecular weight excluding hydrogens is 154 g/mol. The van der Waals surface area contributed by atoms with Crippen molar-refractivity contribution < 1.29 is 9.90 Å². The van der Waals surface area contributed by atoms with Crippen molar-refractivity contribution in [3.8, 4) is 6.07 Å². The minimum absolute atomic E-state index is 0.176. The molecule has 0 aliphatic carbocycles. The van der Waals surface area contributed by atoms with Gasteiger partial charge in [0.1, 0.15) is 0 Å². The molecule has 0 aromatic rings. The molecule has 68 valence electrons. The van der Waals surface area contributed by atoms with Crippen molar-refractivity contribution in [2.75, 3.05) is 0 Å². The smallest absolute Gasteiger partial charge is 0.330 e.